The molecule has 2 heterocycles. The molecule has 0 amide bonds. The maximum absolute atomic E-state index is 9.44. The zero-order valence-electron chi connectivity index (χ0n) is 9.92. The van der Waals surface area contributed by atoms with E-state index in [4.69, 9.17) is 0 Å². The summed E-state index contributed by atoms with van der Waals surface area (Å²) in [7, 11) is 0. The molecule has 2 atom stereocenters. The molecule has 1 aromatic heterocycles. The summed E-state index contributed by atoms with van der Waals surface area (Å²) in [5, 5.41) is 13.6. The van der Waals surface area contributed by atoms with Crippen molar-refractivity contribution in [3.05, 3.63) is 18.5 Å². The molecule has 4 heteroatoms. The van der Waals surface area contributed by atoms with Crippen LogP contribution in [0, 0.1) is 0 Å². The van der Waals surface area contributed by atoms with E-state index in [2.05, 4.69) is 10.00 Å². The molecule has 0 spiro atoms. The van der Waals surface area contributed by atoms with Crippen LogP contribution in [-0.4, -0.2) is 45.0 Å². The largest absolute Gasteiger partial charge is 0.393 e. The molecule has 0 saturated carbocycles. The van der Waals surface area contributed by atoms with Crippen molar-refractivity contribution in [1.29, 1.82) is 0 Å². The number of aliphatic hydroxyl groups is 1. The minimum Gasteiger partial charge on any atom is -0.393 e. The molecule has 1 aliphatic heterocycles. The second-order valence-electron chi connectivity index (χ2n) is 4.69. The molecule has 0 radical (unpaired) electrons. The van der Waals surface area contributed by atoms with E-state index < -0.39 is 0 Å². The van der Waals surface area contributed by atoms with Gasteiger partial charge in [0.2, 0.25) is 0 Å². The SMILES string of the molecule is CC(O)CC1CCCN1CCn1cccn1. The highest BCUT2D eigenvalue weighted by molar-refractivity contribution is 4.82. The quantitative estimate of drug-likeness (QED) is 0.813. The van der Waals surface area contributed by atoms with E-state index in [1.54, 1.807) is 0 Å². The van der Waals surface area contributed by atoms with E-state index in [0.29, 0.717) is 6.04 Å². The molecule has 16 heavy (non-hydrogen) atoms. The van der Waals surface area contributed by atoms with E-state index in [0.717, 1.165) is 19.5 Å². The van der Waals surface area contributed by atoms with Gasteiger partial charge in [-0.15, -0.1) is 0 Å². The van der Waals surface area contributed by atoms with Crippen LogP contribution in [0.5, 0.6) is 0 Å². The Morgan fingerprint density at radius 2 is 2.38 bits per heavy atom. The van der Waals surface area contributed by atoms with Gasteiger partial charge >= 0.3 is 0 Å². The fourth-order valence-electron chi connectivity index (χ4n) is 2.51. The molecule has 0 aliphatic carbocycles. The number of hydrogen-bond donors (Lipinski definition) is 1. The van der Waals surface area contributed by atoms with E-state index >= 15 is 0 Å². The van der Waals surface area contributed by atoms with Gasteiger partial charge in [0.1, 0.15) is 0 Å². The van der Waals surface area contributed by atoms with Crippen LogP contribution in [0.4, 0.5) is 0 Å². The molecule has 1 aliphatic rings. The van der Waals surface area contributed by atoms with E-state index in [1.807, 2.05) is 30.1 Å². The van der Waals surface area contributed by atoms with Crippen molar-refractivity contribution in [2.45, 2.75) is 44.9 Å². The molecule has 1 aromatic rings. The number of hydrogen-bond acceptors (Lipinski definition) is 3. The first-order valence-corrected chi connectivity index (χ1v) is 6.15. The van der Waals surface area contributed by atoms with Gasteiger partial charge in [-0.05, 0) is 38.8 Å². The van der Waals surface area contributed by atoms with Crippen LogP contribution < -0.4 is 0 Å². The maximum Gasteiger partial charge on any atom is 0.0536 e. The van der Waals surface area contributed by atoms with E-state index in [-0.39, 0.29) is 6.10 Å². The van der Waals surface area contributed by atoms with Crippen molar-refractivity contribution in [3.8, 4) is 0 Å². The Hall–Kier alpha value is -0.870. The zero-order valence-corrected chi connectivity index (χ0v) is 9.92. The highest BCUT2D eigenvalue weighted by Gasteiger charge is 2.24. The number of likely N-dealkylation sites (tertiary alicyclic amines) is 1. The van der Waals surface area contributed by atoms with Gasteiger partial charge in [-0.2, -0.15) is 5.10 Å². The number of nitrogens with zero attached hydrogens (tertiary/aromatic N) is 3. The summed E-state index contributed by atoms with van der Waals surface area (Å²) in [6.45, 7) is 5.03. The Labute approximate surface area is 96.9 Å². The van der Waals surface area contributed by atoms with Gasteiger partial charge in [0.15, 0.2) is 0 Å². The normalized spacial score (nSPS) is 23.8. The van der Waals surface area contributed by atoms with Crippen LogP contribution in [0.2, 0.25) is 0 Å². The monoisotopic (exact) mass is 223 g/mol. The van der Waals surface area contributed by atoms with Crippen molar-refractivity contribution < 1.29 is 5.11 Å². The standard InChI is InChI=1S/C12H21N3O/c1-11(16)10-12-4-2-6-14(12)8-9-15-7-3-5-13-15/h3,5,7,11-12,16H,2,4,6,8-10H2,1H3. The van der Waals surface area contributed by atoms with E-state index in [9.17, 15) is 5.11 Å². The summed E-state index contributed by atoms with van der Waals surface area (Å²) in [5.74, 6) is 0. The number of rotatable bonds is 5. The number of aliphatic hydroxyl groups excluding tert-OH is 1. The minimum absolute atomic E-state index is 0.185. The summed E-state index contributed by atoms with van der Waals surface area (Å²) >= 11 is 0. The lowest BCUT2D eigenvalue weighted by Gasteiger charge is -2.25. The van der Waals surface area contributed by atoms with Crippen molar-refractivity contribution in [1.82, 2.24) is 14.7 Å². The van der Waals surface area contributed by atoms with Crippen LogP contribution in [0.1, 0.15) is 26.2 Å². The molecule has 0 bridgehead atoms. The van der Waals surface area contributed by atoms with E-state index in [1.165, 1.54) is 19.4 Å². The Bertz CT molecular complexity index is 297. The predicted molar refractivity (Wildman–Crippen MR) is 63.1 cm³/mol. The minimum atomic E-state index is -0.185. The molecular weight excluding hydrogens is 202 g/mol. The molecule has 4 nitrogen and oxygen atoms in total. The van der Waals surface area contributed by atoms with Gasteiger partial charge in [0.05, 0.1) is 12.6 Å². The summed E-state index contributed by atoms with van der Waals surface area (Å²) in [4.78, 5) is 2.48. The van der Waals surface area contributed by atoms with Crippen LogP contribution in [0.3, 0.4) is 0 Å². The van der Waals surface area contributed by atoms with Crippen LogP contribution in [0.25, 0.3) is 0 Å². The lowest BCUT2D eigenvalue weighted by atomic mass is 10.1. The topological polar surface area (TPSA) is 41.3 Å². The molecule has 1 fully saturated rings. The van der Waals surface area contributed by atoms with Gasteiger partial charge < -0.3 is 5.11 Å². The van der Waals surface area contributed by atoms with Crippen LogP contribution >= 0.6 is 0 Å². The summed E-state index contributed by atoms with van der Waals surface area (Å²) < 4.78 is 1.97. The highest BCUT2D eigenvalue weighted by atomic mass is 16.3. The van der Waals surface area contributed by atoms with Gasteiger partial charge in [0.25, 0.3) is 0 Å². The lowest BCUT2D eigenvalue weighted by Crippen LogP contribution is -2.34. The Balaban J connectivity index is 1.79. The molecule has 0 aromatic carbocycles. The Morgan fingerprint density at radius 3 is 3.06 bits per heavy atom. The zero-order chi connectivity index (χ0) is 11.4. The average molecular weight is 223 g/mol. The molecule has 2 rings (SSSR count). The fourth-order valence-corrected chi connectivity index (χ4v) is 2.51. The van der Waals surface area contributed by atoms with Gasteiger partial charge in [-0.25, -0.2) is 0 Å². The third-order valence-corrected chi connectivity index (χ3v) is 3.29. The maximum atomic E-state index is 9.44. The summed E-state index contributed by atoms with van der Waals surface area (Å²) in [6, 6.07) is 2.52. The van der Waals surface area contributed by atoms with Gasteiger partial charge in [0, 0.05) is 25.0 Å². The van der Waals surface area contributed by atoms with Crippen molar-refractivity contribution in [2.75, 3.05) is 13.1 Å². The molecular formula is C12H21N3O. The fraction of sp³-hybridized carbons (Fsp3) is 0.750. The Morgan fingerprint density at radius 1 is 1.50 bits per heavy atom. The first-order valence-electron chi connectivity index (χ1n) is 6.15. The van der Waals surface area contributed by atoms with Crippen LogP contribution in [0.15, 0.2) is 18.5 Å². The first kappa shape index (κ1) is 11.6. The molecule has 1 saturated heterocycles. The van der Waals surface area contributed by atoms with Crippen molar-refractivity contribution >= 4 is 0 Å². The summed E-state index contributed by atoms with van der Waals surface area (Å²) in [6.07, 6.45) is 7.02. The Kier molecular flexibility index (Phi) is 3.96. The lowest BCUT2D eigenvalue weighted by molar-refractivity contribution is 0.131. The second kappa shape index (κ2) is 5.46. The summed E-state index contributed by atoms with van der Waals surface area (Å²) in [5.41, 5.74) is 0. The average Bonchev–Trinajstić information content (AvgIpc) is 2.84. The smallest absolute Gasteiger partial charge is 0.0536 e. The van der Waals surface area contributed by atoms with Gasteiger partial charge in [-0.1, -0.05) is 0 Å². The molecule has 1 N–H and O–H groups in total. The number of aromatic nitrogens is 2. The van der Waals surface area contributed by atoms with Crippen molar-refractivity contribution in [2.24, 2.45) is 0 Å². The third kappa shape index (κ3) is 3.06. The molecule has 2 unspecified atom stereocenters. The predicted octanol–water partition coefficient (Wildman–Crippen LogP) is 1.12. The third-order valence-electron chi connectivity index (χ3n) is 3.29. The van der Waals surface area contributed by atoms with Gasteiger partial charge in [-0.3, -0.25) is 9.58 Å². The molecule has 90 valence electrons. The van der Waals surface area contributed by atoms with Crippen molar-refractivity contribution in [3.63, 3.8) is 0 Å². The second-order valence-corrected chi connectivity index (χ2v) is 4.69. The first-order chi connectivity index (χ1) is 7.75. The highest BCUT2D eigenvalue weighted by Crippen LogP contribution is 2.20. The van der Waals surface area contributed by atoms with Crippen LogP contribution in [-0.2, 0) is 6.54 Å².